The number of nitro groups is 1. The zero-order chi connectivity index (χ0) is 15.6. The number of Topliss-reactive ketones (excluding diaryl/α,β-unsaturated/α-hetero) is 1. The van der Waals surface area contributed by atoms with Crippen LogP contribution in [0.5, 0.6) is 11.5 Å². The lowest BCUT2D eigenvalue weighted by atomic mass is 10.1. The Labute approximate surface area is 137 Å². The van der Waals surface area contributed by atoms with E-state index in [4.69, 9.17) is 4.74 Å². The van der Waals surface area contributed by atoms with E-state index < -0.39 is 4.92 Å². The number of carbonyl (C=O) groups is 1. The van der Waals surface area contributed by atoms with Gasteiger partial charge in [-0.2, -0.15) is 0 Å². The molecule has 0 aliphatic heterocycles. The van der Waals surface area contributed by atoms with Crippen LogP contribution in [-0.2, 0) is 0 Å². The SMILES string of the molecule is CC(=O)c1ccccc1Oc1c(Br)cc([N+](=O)[O-])cc1Br. The van der Waals surface area contributed by atoms with Gasteiger partial charge in [-0.25, -0.2) is 0 Å². The van der Waals surface area contributed by atoms with Gasteiger partial charge in [0.2, 0.25) is 0 Å². The van der Waals surface area contributed by atoms with Gasteiger partial charge in [0, 0.05) is 12.1 Å². The lowest BCUT2D eigenvalue weighted by Gasteiger charge is -2.12. The fourth-order valence-corrected chi connectivity index (χ4v) is 3.03. The summed E-state index contributed by atoms with van der Waals surface area (Å²) in [6.45, 7) is 1.45. The number of nitrogens with zero attached hydrogens (tertiary/aromatic N) is 1. The van der Waals surface area contributed by atoms with E-state index in [9.17, 15) is 14.9 Å². The maximum absolute atomic E-state index is 11.6. The van der Waals surface area contributed by atoms with Crippen molar-refractivity contribution in [1.29, 1.82) is 0 Å². The third-order valence-electron chi connectivity index (χ3n) is 2.67. The van der Waals surface area contributed by atoms with Crippen LogP contribution >= 0.6 is 31.9 Å². The molecule has 0 N–H and O–H groups in total. The Balaban J connectivity index is 2.46. The lowest BCUT2D eigenvalue weighted by Crippen LogP contribution is -1.98. The zero-order valence-electron chi connectivity index (χ0n) is 10.8. The highest BCUT2D eigenvalue weighted by atomic mass is 79.9. The topological polar surface area (TPSA) is 69.4 Å². The van der Waals surface area contributed by atoms with Gasteiger partial charge in [-0.05, 0) is 50.9 Å². The summed E-state index contributed by atoms with van der Waals surface area (Å²) in [5.74, 6) is 0.634. The maximum Gasteiger partial charge on any atom is 0.271 e. The van der Waals surface area contributed by atoms with Crippen molar-refractivity contribution in [2.45, 2.75) is 6.92 Å². The van der Waals surface area contributed by atoms with E-state index in [0.29, 0.717) is 26.0 Å². The molecule has 0 radical (unpaired) electrons. The number of rotatable bonds is 4. The van der Waals surface area contributed by atoms with E-state index in [1.54, 1.807) is 24.3 Å². The minimum Gasteiger partial charge on any atom is -0.454 e. The third kappa shape index (κ3) is 3.48. The number of ether oxygens (including phenoxy) is 1. The molecule has 0 aliphatic rings. The zero-order valence-corrected chi connectivity index (χ0v) is 14.0. The van der Waals surface area contributed by atoms with Crippen LogP contribution < -0.4 is 4.74 Å². The molecule has 0 amide bonds. The van der Waals surface area contributed by atoms with E-state index in [1.807, 2.05) is 0 Å². The Kier molecular flexibility index (Phi) is 4.74. The second-order valence-corrected chi connectivity index (χ2v) is 5.86. The molecule has 0 aliphatic carbocycles. The number of para-hydroxylation sites is 1. The summed E-state index contributed by atoms with van der Waals surface area (Å²) in [7, 11) is 0. The molecule has 108 valence electrons. The Bertz CT molecular complexity index is 708. The highest BCUT2D eigenvalue weighted by Gasteiger charge is 2.17. The summed E-state index contributed by atoms with van der Waals surface area (Å²) in [5.41, 5.74) is 0.371. The van der Waals surface area contributed by atoms with Gasteiger partial charge in [0.15, 0.2) is 11.5 Å². The Morgan fingerprint density at radius 1 is 1.19 bits per heavy atom. The van der Waals surface area contributed by atoms with Gasteiger partial charge < -0.3 is 4.74 Å². The summed E-state index contributed by atoms with van der Waals surface area (Å²) >= 11 is 6.48. The van der Waals surface area contributed by atoms with Gasteiger partial charge in [0.1, 0.15) is 5.75 Å². The molecule has 7 heteroatoms. The summed E-state index contributed by atoms with van der Waals surface area (Å²) in [6.07, 6.45) is 0. The first-order valence-corrected chi connectivity index (χ1v) is 7.40. The van der Waals surface area contributed by atoms with Gasteiger partial charge >= 0.3 is 0 Å². The van der Waals surface area contributed by atoms with Crippen molar-refractivity contribution in [3.63, 3.8) is 0 Å². The fraction of sp³-hybridized carbons (Fsp3) is 0.0714. The van der Waals surface area contributed by atoms with Gasteiger partial charge in [0.05, 0.1) is 19.4 Å². The van der Waals surface area contributed by atoms with Crippen LogP contribution in [0.3, 0.4) is 0 Å². The number of hydrogen-bond donors (Lipinski definition) is 0. The second kappa shape index (κ2) is 6.36. The first kappa shape index (κ1) is 15.7. The molecule has 0 bridgehead atoms. The minimum atomic E-state index is -0.497. The predicted octanol–water partition coefficient (Wildman–Crippen LogP) is 5.11. The van der Waals surface area contributed by atoms with E-state index in [2.05, 4.69) is 31.9 Å². The average Bonchev–Trinajstić information content (AvgIpc) is 2.42. The summed E-state index contributed by atoms with van der Waals surface area (Å²) in [4.78, 5) is 21.9. The molecule has 2 rings (SSSR count). The monoisotopic (exact) mass is 413 g/mol. The van der Waals surface area contributed by atoms with Crippen LogP contribution in [0.25, 0.3) is 0 Å². The molecule has 0 saturated heterocycles. The first-order chi connectivity index (χ1) is 9.90. The number of non-ortho nitro benzene ring substituents is 1. The van der Waals surface area contributed by atoms with Crippen LogP contribution in [0.2, 0.25) is 0 Å². The molecule has 0 spiro atoms. The van der Waals surface area contributed by atoms with Crippen molar-refractivity contribution >= 4 is 43.3 Å². The number of halogens is 2. The van der Waals surface area contributed by atoms with Crippen molar-refractivity contribution in [1.82, 2.24) is 0 Å². The molecule has 0 saturated carbocycles. The molecule has 0 fully saturated rings. The number of nitro benzene ring substituents is 1. The standard InChI is InChI=1S/C14H9Br2NO4/c1-8(18)10-4-2-3-5-13(10)21-14-11(15)6-9(17(19)20)7-12(14)16/h2-7H,1H3. The first-order valence-electron chi connectivity index (χ1n) is 5.81. The molecule has 0 aromatic heterocycles. The van der Waals surface area contributed by atoms with Crippen LogP contribution in [0.1, 0.15) is 17.3 Å². The fourth-order valence-electron chi connectivity index (χ4n) is 1.71. The molecule has 21 heavy (non-hydrogen) atoms. The van der Waals surface area contributed by atoms with Crippen LogP contribution in [0.4, 0.5) is 5.69 Å². The number of benzene rings is 2. The van der Waals surface area contributed by atoms with Gasteiger partial charge in [-0.15, -0.1) is 0 Å². The number of ketones is 1. The van der Waals surface area contributed by atoms with Crippen molar-refractivity contribution in [2.24, 2.45) is 0 Å². The third-order valence-corrected chi connectivity index (χ3v) is 3.85. The number of hydrogen-bond acceptors (Lipinski definition) is 4. The van der Waals surface area contributed by atoms with Crippen molar-refractivity contribution in [3.05, 3.63) is 61.0 Å². The maximum atomic E-state index is 11.6. The Morgan fingerprint density at radius 2 is 1.76 bits per heavy atom. The van der Waals surface area contributed by atoms with E-state index in [1.165, 1.54) is 19.1 Å². The smallest absolute Gasteiger partial charge is 0.271 e. The van der Waals surface area contributed by atoms with Crippen molar-refractivity contribution in [3.8, 4) is 11.5 Å². The summed E-state index contributed by atoms with van der Waals surface area (Å²) in [6, 6.07) is 9.49. The quantitative estimate of drug-likeness (QED) is 0.395. The molecule has 0 atom stereocenters. The predicted molar refractivity (Wildman–Crippen MR) is 85.0 cm³/mol. The van der Waals surface area contributed by atoms with Crippen LogP contribution in [-0.4, -0.2) is 10.7 Å². The Hall–Kier alpha value is -1.73. The molecule has 2 aromatic rings. The lowest BCUT2D eigenvalue weighted by molar-refractivity contribution is -0.385. The summed E-state index contributed by atoms with van der Waals surface area (Å²) < 4.78 is 6.57. The average molecular weight is 415 g/mol. The van der Waals surface area contributed by atoms with Crippen LogP contribution in [0.15, 0.2) is 45.3 Å². The van der Waals surface area contributed by atoms with E-state index in [-0.39, 0.29) is 11.5 Å². The van der Waals surface area contributed by atoms with E-state index in [0.717, 1.165) is 0 Å². The second-order valence-electron chi connectivity index (χ2n) is 4.15. The highest BCUT2D eigenvalue weighted by Crippen LogP contribution is 2.40. The van der Waals surface area contributed by atoms with Gasteiger partial charge in [-0.1, -0.05) is 12.1 Å². The van der Waals surface area contributed by atoms with Crippen molar-refractivity contribution in [2.75, 3.05) is 0 Å². The van der Waals surface area contributed by atoms with Gasteiger partial charge in [-0.3, -0.25) is 14.9 Å². The Morgan fingerprint density at radius 3 is 2.29 bits per heavy atom. The van der Waals surface area contributed by atoms with Crippen molar-refractivity contribution < 1.29 is 14.5 Å². The number of carbonyl (C=O) groups excluding carboxylic acids is 1. The normalized spacial score (nSPS) is 10.2. The molecule has 5 nitrogen and oxygen atoms in total. The highest BCUT2D eigenvalue weighted by molar-refractivity contribution is 9.11. The largest absolute Gasteiger partial charge is 0.454 e. The molecule has 2 aromatic carbocycles. The van der Waals surface area contributed by atoms with E-state index >= 15 is 0 Å². The molecular weight excluding hydrogens is 406 g/mol. The summed E-state index contributed by atoms with van der Waals surface area (Å²) in [5, 5.41) is 10.8. The van der Waals surface area contributed by atoms with Gasteiger partial charge in [0.25, 0.3) is 5.69 Å². The molecule has 0 unspecified atom stereocenters. The molecular formula is C14H9Br2NO4. The minimum absolute atomic E-state index is 0.0686. The van der Waals surface area contributed by atoms with Crippen LogP contribution in [0, 0.1) is 10.1 Å². The molecule has 0 heterocycles.